The van der Waals surface area contributed by atoms with E-state index in [1.165, 1.54) is 6.07 Å². The summed E-state index contributed by atoms with van der Waals surface area (Å²) in [7, 11) is 1.57. The van der Waals surface area contributed by atoms with Gasteiger partial charge in [-0.15, -0.1) is 0 Å². The zero-order valence-electron chi connectivity index (χ0n) is 10.6. The first kappa shape index (κ1) is 12.8. The Morgan fingerprint density at radius 2 is 1.85 bits per heavy atom. The number of rotatable bonds is 2. The van der Waals surface area contributed by atoms with Crippen molar-refractivity contribution in [3.63, 3.8) is 0 Å². The predicted molar refractivity (Wildman–Crippen MR) is 76.5 cm³/mol. The van der Waals surface area contributed by atoms with Crippen molar-refractivity contribution in [1.29, 1.82) is 0 Å². The van der Waals surface area contributed by atoms with E-state index in [1.807, 2.05) is 24.3 Å². The molecular weight excluding hydrogens is 279 g/mol. The molecule has 1 heterocycles. The molecule has 3 aromatic rings. The zero-order chi connectivity index (χ0) is 14.1. The molecule has 0 saturated carbocycles. The van der Waals surface area contributed by atoms with Crippen LogP contribution in [0.4, 0.5) is 4.39 Å². The van der Waals surface area contributed by atoms with Gasteiger partial charge in [0.25, 0.3) is 0 Å². The van der Waals surface area contributed by atoms with Gasteiger partial charge in [0.15, 0.2) is 5.82 Å². The summed E-state index contributed by atoms with van der Waals surface area (Å²) >= 11 is 6.08. The molecule has 100 valence electrons. The molecule has 0 saturated heterocycles. The maximum atomic E-state index is 13.7. The number of nitrogens with zero attached hydrogens (tertiary/aromatic N) is 2. The third kappa shape index (κ3) is 2.08. The second kappa shape index (κ2) is 5.06. The number of methoxy groups -OCH3 is 1. The van der Waals surface area contributed by atoms with Crippen LogP contribution in [0.3, 0.4) is 0 Å². The number of aromatic nitrogens is 2. The first-order chi connectivity index (χ1) is 9.70. The molecule has 2 aromatic carbocycles. The Bertz CT molecular complexity index is 792. The minimum atomic E-state index is -0.431. The van der Waals surface area contributed by atoms with Gasteiger partial charge in [-0.05, 0) is 24.3 Å². The van der Waals surface area contributed by atoms with Crippen LogP contribution in [0.25, 0.3) is 22.3 Å². The Morgan fingerprint density at radius 3 is 2.65 bits per heavy atom. The summed E-state index contributed by atoms with van der Waals surface area (Å²) in [5.74, 6) is 0.615. The highest BCUT2D eigenvalue weighted by atomic mass is 35.5. The quantitative estimate of drug-likeness (QED) is 0.666. The molecular formula is C15H10ClFN2O. The molecule has 0 unspecified atom stereocenters. The Kier molecular flexibility index (Phi) is 3.24. The molecule has 0 radical (unpaired) electrons. The van der Waals surface area contributed by atoms with Gasteiger partial charge in [-0.25, -0.2) is 14.4 Å². The lowest BCUT2D eigenvalue weighted by atomic mass is 10.1. The number of halogens is 2. The first-order valence-corrected chi connectivity index (χ1v) is 6.33. The molecule has 0 aliphatic heterocycles. The number of fused-ring (bicyclic) bond motifs is 1. The van der Waals surface area contributed by atoms with Crippen molar-refractivity contribution in [2.75, 3.05) is 7.11 Å². The van der Waals surface area contributed by atoms with Crippen molar-refractivity contribution in [3.05, 3.63) is 53.4 Å². The van der Waals surface area contributed by atoms with Crippen LogP contribution in [0.15, 0.2) is 42.5 Å². The average Bonchev–Trinajstić information content (AvgIpc) is 2.47. The van der Waals surface area contributed by atoms with Crippen LogP contribution in [0, 0.1) is 5.82 Å². The van der Waals surface area contributed by atoms with Crippen LogP contribution in [-0.2, 0) is 0 Å². The Labute approximate surface area is 120 Å². The largest absolute Gasteiger partial charge is 0.496 e. The van der Waals surface area contributed by atoms with Gasteiger partial charge in [0.05, 0.1) is 23.6 Å². The fourth-order valence-corrected chi connectivity index (χ4v) is 2.32. The average molecular weight is 289 g/mol. The highest BCUT2D eigenvalue weighted by Crippen LogP contribution is 2.31. The van der Waals surface area contributed by atoms with E-state index in [-0.39, 0.29) is 10.5 Å². The van der Waals surface area contributed by atoms with Gasteiger partial charge in [0.1, 0.15) is 16.7 Å². The van der Waals surface area contributed by atoms with Crippen molar-refractivity contribution in [2.45, 2.75) is 0 Å². The summed E-state index contributed by atoms with van der Waals surface area (Å²) in [5, 5.41) is 0.321. The third-order valence-corrected chi connectivity index (χ3v) is 3.25. The molecule has 3 nitrogen and oxygen atoms in total. The fraction of sp³-hybridized carbons (Fsp3) is 0.0667. The van der Waals surface area contributed by atoms with Gasteiger partial charge in [0, 0.05) is 0 Å². The van der Waals surface area contributed by atoms with Gasteiger partial charge in [-0.1, -0.05) is 29.8 Å². The van der Waals surface area contributed by atoms with Gasteiger partial charge in [-0.3, -0.25) is 0 Å². The second-order valence-corrected chi connectivity index (χ2v) is 4.53. The Morgan fingerprint density at radius 1 is 1.05 bits per heavy atom. The SMILES string of the molecule is COc1ccccc1-c1nc(Cl)c2c(F)cccc2n1. The number of hydrogen-bond acceptors (Lipinski definition) is 3. The molecule has 0 bridgehead atoms. The summed E-state index contributed by atoms with van der Waals surface area (Å²) in [6, 6.07) is 12.0. The number of ether oxygens (including phenoxy) is 1. The van der Waals surface area contributed by atoms with Gasteiger partial charge in [-0.2, -0.15) is 0 Å². The zero-order valence-corrected chi connectivity index (χ0v) is 11.4. The monoisotopic (exact) mass is 288 g/mol. The summed E-state index contributed by atoms with van der Waals surface area (Å²) in [5.41, 5.74) is 1.17. The smallest absolute Gasteiger partial charge is 0.165 e. The molecule has 0 amide bonds. The fourth-order valence-electron chi connectivity index (χ4n) is 2.05. The molecule has 0 fully saturated rings. The van der Waals surface area contributed by atoms with Crippen LogP contribution in [0.2, 0.25) is 5.15 Å². The first-order valence-electron chi connectivity index (χ1n) is 5.96. The van der Waals surface area contributed by atoms with E-state index < -0.39 is 5.82 Å². The standard InChI is InChI=1S/C15H10ClFN2O/c1-20-12-8-3-2-5-9(12)15-18-11-7-4-6-10(17)13(11)14(16)19-15/h2-8H,1H3. The van der Waals surface area contributed by atoms with E-state index >= 15 is 0 Å². The van der Waals surface area contributed by atoms with E-state index in [2.05, 4.69) is 9.97 Å². The minimum Gasteiger partial charge on any atom is -0.496 e. The maximum Gasteiger partial charge on any atom is 0.165 e. The topological polar surface area (TPSA) is 35.0 Å². The summed E-state index contributed by atoms with van der Waals surface area (Å²) in [6.07, 6.45) is 0. The minimum absolute atomic E-state index is 0.0917. The van der Waals surface area contributed by atoms with Crippen molar-refractivity contribution in [3.8, 4) is 17.1 Å². The van der Waals surface area contributed by atoms with Gasteiger partial charge < -0.3 is 4.74 Å². The number of benzene rings is 2. The molecule has 0 N–H and O–H groups in total. The van der Waals surface area contributed by atoms with E-state index in [0.717, 1.165) is 0 Å². The molecule has 20 heavy (non-hydrogen) atoms. The Balaban J connectivity index is 2.28. The van der Waals surface area contributed by atoms with Crippen LogP contribution < -0.4 is 4.74 Å². The maximum absolute atomic E-state index is 13.7. The van der Waals surface area contributed by atoms with Crippen molar-refractivity contribution in [1.82, 2.24) is 9.97 Å². The van der Waals surface area contributed by atoms with E-state index in [4.69, 9.17) is 16.3 Å². The van der Waals surface area contributed by atoms with Crippen LogP contribution in [0.1, 0.15) is 0 Å². The predicted octanol–water partition coefficient (Wildman–Crippen LogP) is 4.10. The number of para-hydroxylation sites is 1. The number of hydrogen-bond donors (Lipinski definition) is 0. The van der Waals surface area contributed by atoms with Crippen molar-refractivity contribution >= 4 is 22.5 Å². The molecule has 1 aromatic heterocycles. The van der Waals surface area contributed by atoms with Crippen molar-refractivity contribution in [2.24, 2.45) is 0 Å². The lowest BCUT2D eigenvalue weighted by Crippen LogP contribution is -1.96. The third-order valence-electron chi connectivity index (χ3n) is 2.98. The normalized spacial score (nSPS) is 10.8. The highest BCUT2D eigenvalue weighted by Gasteiger charge is 2.13. The summed E-state index contributed by atoms with van der Waals surface area (Å²) < 4.78 is 19.0. The lowest BCUT2D eigenvalue weighted by molar-refractivity contribution is 0.416. The van der Waals surface area contributed by atoms with E-state index in [1.54, 1.807) is 19.2 Å². The van der Waals surface area contributed by atoms with E-state index in [9.17, 15) is 4.39 Å². The highest BCUT2D eigenvalue weighted by molar-refractivity contribution is 6.34. The van der Waals surface area contributed by atoms with Gasteiger partial charge in [0.2, 0.25) is 0 Å². The Hall–Kier alpha value is -2.20. The van der Waals surface area contributed by atoms with Crippen molar-refractivity contribution < 1.29 is 9.13 Å². The molecule has 0 atom stereocenters. The lowest BCUT2D eigenvalue weighted by Gasteiger charge is -2.08. The van der Waals surface area contributed by atoms with Crippen LogP contribution >= 0.6 is 11.6 Å². The summed E-state index contributed by atoms with van der Waals surface area (Å²) in [6.45, 7) is 0. The molecule has 5 heteroatoms. The van der Waals surface area contributed by atoms with E-state index in [0.29, 0.717) is 22.7 Å². The second-order valence-electron chi connectivity index (χ2n) is 4.17. The van der Waals surface area contributed by atoms with Crippen LogP contribution in [-0.4, -0.2) is 17.1 Å². The summed E-state index contributed by atoms with van der Waals surface area (Å²) in [4.78, 5) is 8.54. The molecule has 0 spiro atoms. The molecule has 0 aliphatic carbocycles. The molecule has 3 rings (SSSR count). The van der Waals surface area contributed by atoms with Gasteiger partial charge >= 0.3 is 0 Å². The molecule has 0 aliphatic rings. The van der Waals surface area contributed by atoms with Crippen LogP contribution in [0.5, 0.6) is 5.75 Å².